The Bertz CT molecular complexity index is 1900. The molecule has 13 nitrogen and oxygen atoms in total. The molecule has 1 aromatic heterocycles. The van der Waals surface area contributed by atoms with Gasteiger partial charge < -0.3 is 29.5 Å². The number of rotatable bonds is 12. The highest BCUT2D eigenvalue weighted by molar-refractivity contribution is 5.92. The summed E-state index contributed by atoms with van der Waals surface area (Å²) in [5, 5.41) is 43.8. The molecule has 0 aliphatic carbocycles. The van der Waals surface area contributed by atoms with Gasteiger partial charge >= 0.3 is 11.7 Å². The average Bonchev–Trinajstić information content (AvgIpc) is 3.45. The number of nitrogens with zero attached hydrogens (tertiary/aromatic N) is 2. The number of nitrogens with one attached hydrogen (secondary N) is 1. The lowest BCUT2D eigenvalue weighted by Crippen LogP contribution is -2.64. The van der Waals surface area contributed by atoms with Crippen LogP contribution in [0.4, 0.5) is 0 Å². The number of carboxylic acid groups (broad SMARTS) is 1. The van der Waals surface area contributed by atoms with E-state index < -0.39 is 77.3 Å². The summed E-state index contributed by atoms with van der Waals surface area (Å²) in [6, 6.07) is 23.8. The monoisotopic (exact) mass is 655 g/mol. The Morgan fingerprint density at radius 3 is 2.02 bits per heavy atom. The van der Waals surface area contributed by atoms with Crippen molar-refractivity contribution in [3.05, 3.63) is 128 Å². The lowest BCUT2D eigenvalue weighted by molar-refractivity contribution is -0.188. The van der Waals surface area contributed by atoms with E-state index in [4.69, 9.17) is 14.2 Å². The number of aromatic amines is 1. The fourth-order valence-electron chi connectivity index (χ4n) is 6.44. The molecule has 3 aromatic carbocycles. The van der Waals surface area contributed by atoms with Gasteiger partial charge in [0.1, 0.15) is 35.5 Å². The molecule has 4 atom stereocenters. The number of carbonyl (C=O) groups is 2. The van der Waals surface area contributed by atoms with Crippen molar-refractivity contribution in [1.29, 1.82) is 5.26 Å². The molecule has 0 amide bonds. The summed E-state index contributed by atoms with van der Waals surface area (Å²) < 4.78 is 17.9. The lowest BCUT2D eigenvalue weighted by Gasteiger charge is -2.47. The maximum absolute atomic E-state index is 14.4. The van der Waals surface area contributed by atoms with Crippen molar-refractivity contribution in [3.8, 4) is 17.6 Å². The van der Waals surface area contributed by atoms with Crippen LogP contribution in [-0.4, -0.2) is 68.7 Å². The van der Waals surface area contributed by atoms with Gasteiger partial charge in [-0.2, -0.15) is 5.26 Å². The van der Waals surface area contributed by atoms with E-state index in [9.17, 15) is 39.8 Å². The van der Waals surface area contributed by atoms with Crippen LogP contribution in [0.2, 0.25) is 0 Å². The van der Waals surface area contributed by atoms with Crippen LogP contribution in [0.25, 0.3) is 0 Å². The Hall–Kier alpha value is -5.55. The third-order valence-corrected chi connectivity index (χ3v) is 8.79. The molecule has 1 unspecified atom stereocenters. The van der Waals surface area contributed by atoms with Crippen LogP contribution in [0.5, 0.6) is 11.5 Å². The van der Waals surface area contributed by atoms with Gasteiger partial charge in [0, 0.05) is 19.0 Å². The second-order valence-electron chi connectivity index (χ2n) is 11.3. The minimum atomic E-state index is -2.54. The van der Waals surface area contributed by atoms with E-state index in [-0.39, 0.29) is 0 Å². The standard InChI is InChI=1S/C35H33N3O10/c1-46-25-12-8-23(9-13-25)34(22-6-4-3-5-7-22,24-10-14-26(47-2)15-11-24)32(44)35(27(39)16-17-30(41)42)28(40)18-29(48-35)38-20-21(19-36)31(43)37-33(38)45/h3-15,20,28-29,32,40,44H,16-18H2,1-2H3,(H,41,42)(H,37,43,45)/t28-,29+,32?,35-/m0/s1. The van der Waals surface area contributed by atoms with Gasteiger partial charge in [-0.25, -0.2) is 4.79 Å². The third kappa shape index (κ3) is 5.77. The Morgan fingerprint density at radius 2 is 1.52 bits per heavy atom. The van der Waals surface area contributed by atoms with E-state index in [1.807, 2.05) is 4.98 Å². The van der Waals surface area contributed by atoms with E-state index >= 15 is 0 Å². The van der Waals surface area contributed by atoms with Crippen molar-refractivity contribution in [2.75, 3.05) is 14.2 Å². The fourth-order valence-corrected chi connectivity index (χ4v) is 6.44. The molecule has 1 saturated heterocycles. The topological polar surface area (TPSA) is 201 Å². The number of nitriles is 1. The quantitative estimate of drug-likeness (QED) is 0.163. The van der Waals surface area contributed by atoms with Gasteiger partial charge in [-0.15, -0.1) is 0 Å². The first-order valence-electron chi connectivity index (χ1n) is 14.9. The molecule has 0 bridgehead atoms. The van der Waals surface area contributed by atoms with Crippen molar-refractivity contribution in [3.63, 3.8) is 0 Å². The van der Waals surface area contributed by atoms with Crippen LogP contribution in [0.15, 0.2) is 94.6 Å². The molecule has 13 heteroatoms. The number of carboxylic acids is 1. The first-order chi connectivity index (χ1) is 23.0. The second-order valence-corrected chi connectivity index (χ2v) is 11.3. The molecule has 1 fully saturated rings. The zero-order chi connectivity index (χ0) is 34.6. The van der Waals surface area contributed by atoms with E-state index in [0.717, 1.165) is 10.8 Å². The SMILES string of the molecule is COc1ccc(C(c2ccccc2)(c2ccc(OC)cc2)C(O)[C@@]2(C(=O)CCC(=O)O)O[C@@H](n3cc(C#N)c(=O)[nH]c3=O)C[C@@H]2O)cc1. The Kier molecular flexibility index (Phi) is 9.62. The van der Waals surface area contributed by atoms with Crippen LogP contribution in [-0.2, 0) is 19.7 Å². The average molecular weight is 656 g/mol. The molecule has 4 aromatic rings. The summed E-state index contributed by atoms with van der Waals surface area (Å²) in [5.74, 6) is -1.24. The number of carbonyl (C=O) groups excluding carboxylic acids is 1. The second kappa shape index (κ2) is 13.7. The number of aromatic nitrogens is 2. The normalized spacial score (nSPS) is 19.6. The molecule has 0 spiro atoms. The number of aliphatic hydroxyl groups is 2. The summed E-state index contributed by atoms with van der Waals surface area (Å²) in [4.78, 5) is 53.1. The minimum Gasteiger partial charge on any atom is -0.497 e. The van der Waals surface area contributed by atoms with E-state index in [2.05, 4.69) is 0 Å². The highest BCUT2D eigenvalue weighted by Gasteiger charge is 2.65. The van der Waals surface area contributed by atoms with Crippen molar-refractivity contribution >= 4 is 11.8 Å². The number of H-pyrrole nitrogens is 1. The van der Waals surface area contributed by atoms with Gasteiger partial charge in [0.15, 0.2) is 11.4 Å². The zero-order valence-corrected chi connectivity index (χ0v) is 26.0. The number of methoxy groups -OCH3 is 2. The van der Waals surface area contributed by atoms with Crippen LogP contribution in [0, 0.1) is 11.3 Å². The molecule has 5 rings (SSSR count). The molecule has 4 N–H and O–H groups in total. The van der Waals surface area contributed by atoms with Gasteiger partial charge in [-0.05, 0) is 41.0 Å². The van der Waals surface area contributed by atoms with Gasteiger partial charge in [-0.1, -0.05) is 54.6 Å². The summed E-state index contributed by atoms with van der Waals surface area (Å²) >= 11 is 0. The summed E-state index contributed by atoms with van der Waals surface area (Å²) in [6.45, 7) is 0. The molecular formula is C35H33N3O10. The maximum atomic E-state index is 14.4. The highest BCUT2D eigenvalue weighted by Crippen LogP contribution is 2.52. The predicted molar refractivity (Wildman–Crippen MR) is 170 cm³/mol. The van der Waals surface area contributed by atoms with E-state index in [1.165, 1.54) is 14.2 Å². The van der Waals surface area contributed by atoms with Crippen LogP contribution in [0.3, 0.4) is 0 Å². The number of Topliss-reactive ketones (excluding diaryl/α,β-unsaturated/α-hetero) is 1. The number of hydrogen-bond acceptors (Lipinski definition) is 10. The number of aliphatic carboxylic acids is 1. The van der Waals surface area contributed by atoms with E-state index in [0.29, 0.717) is 28.2 Å². The van der Waals surface area contributed by atoms with Gasteiger partial charge in [0.05, 0.1) is 32.2 Å². The first kappa shape index (κ1) is 33.8. The highest BCUT2D eigenvalue weighted by atomic mass is 16.6. The molecule has 0 saturated carbocycles. The largest absolute Gasteiger partial charge is 0.497 e. The van der Waals surface area contributed by atoms with Crippen molar-refractivity contribution in [2.45, 2.75) is 48.7 Å². The zero-order valence-electron chi connectivity index (χ0n) is 26.0. The Balaban J connectivity index is 1.82. The minimum absolute atomic E-state index is 0.432. The van der Waals surface area contributed by atoms with Gasteiger partial charge in [0.2, 0.25) is 0 Å². The van der Waals surface area contributed by atoms with Crippen LogP contribution < -0.4 is 20.7 Å². The number of ether oxygens (including phenoxy) is 3. The molecule has 248 valence electrons. The smallest absolute Gasteiger partial charge is 0.330 e. The van der Waals surface area contributed by atoms with E-state index in [1.54, 1.807) is 84.9 Å². The lowest BCUT2D eigenvalue weighted by atomic mass is 9.60. The van der Waals surface area contributed by atoms with Crippen LogP contribution in [0.1, 0.15) is 47.7 Å². The van der Waals surface area contributed by atoms with Crippen molar-refractivity contribution in [1.82, 2.24) is 9.55 Å². The van der Waals surface area contributed by atoms with Crippen molar-refractivity contribution < 1.29 is 39.1 Å². The molecule has 0 radical (unpaired) electrons. The molecule has 2 heterocycles. The van der Waals surface area contributed by atoms with Gasteiger partial charge in [-0.3, -0.25) is 23.9 Å². The fraction of sp³-hybridized carbons (Fsp3) is 0.286. The summed E-state index contributed by atoms with van der Waals surface area (Å²) in [5.41, 5.74) is -5.22. The third-order valence-electron chi connectivity index (χ3n) is 8.79. The number of aliphatic hydroxyl groups excluding tert-OH is 2. The van der Waals surface area contributed by atoms with Gasteiger partial charge in [0.25, 0.3) is 5.56 Å². The molecule has 48 heavy (non-hydrogen) atoms. The molecule has 1 aliphatic heterocycles. The summed E-state index contributed by atoms with van der Waals surface area (Å²) in [6.07, 6.45) is -6.03. The number of benzene rings is 3. The van der Waals surface area contributed by atoms with Crippen LogP contribution >= 0.6 is 0 Å². The first-order valence-corrected chi connectivity index (χ1v) is 14.9. The maximum Gasteiger partial charge on any atom is 0.330 e. The number of hydrogen-bond donors (Lipinski definition) is 4. The number of ketones is 1. The molecule has 1 aliphatic rings. The molecular weight excluding hydrogens is 622 g/mol. The van der Waals surface area contributed by atoms with Crippen molar-refractivity contribution in [2.24, 2.45) is 0 Å². The summed E-state index contributed by atoms with van der Waals surface area (Å²) in [7, 11) is 2.99. The Morgan fingerprint density at radius 1 is 0.979 bits per heavy atom. The Labute approximate surface area is 274 Å². The predicted octanol–water partition coefficient (Wildman–Crippen LogP) is 2.27.